The number of phenolic OH excluding ortho intramolecular Hbond substituents is 2. The molecule has 2 aromatic rings. The fourth-order valence-corrected chi connectivity index (χ4v) is 4.04. The van der Waals surface area contributed by atoms with Gasteiger partial charge in [-0.05, 0) is 60.1 Å². The van der Waals surface area contributed by atoms with Crippen molar-refractivity contribution in [1.82, 2.24) is 0 Å². The third-order valence-electron chi connectivity index (χ3n) is 6.29. The van der Waals surface area contributed by atoms with Crippen LogP contribution in [0.1, 0.15) is 31.4 Å². The normalized spacial score (nSPS) is 24.3. The minimum atomic E-state index is -1.59. The average Bonchev–Trinajstić information content (AvgIpc) is 2.78. The number of carbonyl (C=O) groups is 1. The van der Waals surface area contributed by atoms with Crippen LogP contribution in [0.3, 0.4) is 0 Å². The maximum Gasteiger partial charge on any atom is 0.335 e. The molecule has 0 bridgehead atoms. The van der Waals surface area contributed by atoms with Crippen LogP contribution in [-0.4, -0.2) is 63.2 Å². The number of hydrogen-bond acceptors (Lipinski definition) is 8. The fourth-order valence-electron chi connectivity index (χ4n) is 4.04. The molecule has 2 aromatic carbocycles. The Labute approximate surface area is 198 Å². The molecule has 1 aliphatic rings. The van der Waals surface area contributed by atoms with Gasteiger partial charge in [0, 0.05) is 6.42 Å². The van der Waals surface area contributed by atoms with Crippen molar-refractivity contribution in [3.63, 3.8) is 0 Å². The Morgan fingerprint density at radius 1 is 1.00 bits per heavy atom. The van der Waals surface area contributed by atoms with Crippen LogP contribution in [-0.2, 0) is 22.4 Å². The molecule has 0 amide bonds. The van der Waals surface area contributed by atoms with Crippen LogP contribution in [0.25, 0.3) is 0 Å². The third-order valence-corrected chi connectivity index (χ3v) is 6.29. The van der Waals surface area contributed by atoms with E-state index in [2.05, 4.69) is 13.8 Å². The van der Waals surface area contributed by atoms with Gasteiger partial charge in [-0.2, -0.15) is 0 Å². The van der Waals surface area contributed by atoms with E-state index < -0.39 is 30.6 Å². The molecule has 6 atom stereocenters. The number of aliphatic hydroxyl groups is 2. The van der Waals surface area contributed by atoms with Gasteiger partial charge in [0.1, 0.15) is 6.10 Å². The van der Waals surface area contributed by atoms with Crippen molar-refractivity contribution in [3.05, 3.63) is 47.5 Å². The molecule has 0 spiro atoms. The van der Waals surface area contributed by atoms with E-state index in [0.717, 1.165) is 24.0 Å². The van der Waals surface area contributed by atoms with E-state index in [1.807, 2.05) is 6.07 Å². The van der Waals surface area contributed by atoms with Gasteiger partial charge in [0.25, 0.3) is 0 Å². The van der Waals surface area contributed by atoms with Crippen LogP contribution in [0.2, 0.25) is 0 Å². The summed E-state index contributed by atoms with van der Waals surface area (Å²) in [4.78, 5) is 11.3. The standard InChI is InChI=1S/C25H32O9/c1-13(8-15-4-6-17(26)18(27)10-15)14(2)9-16-5-7-20(32-3)21(11-16)33-22-12-19(28)23(29)24(34-22)25(30)31/h4-7,10-11,13-14,19,22-24,26-29H,8-9,12H2,1-3H3,(H,30,31)/t13?,14?,19-,22-,23+,24+/m1/s1. The minimum absolute atomic E-state index is 0.0920. The maximum absolute atomic E-state index is 11.3. The molecule has 9 heteroatoms. The zero-order valence-electron chi connectivity index (χ0n) is 19.4. The molecule has 5 N–H and O–H groups in total. The van der Waals surface area contributed by atoms with Crippen molar-refractivity contribution in [3.8, 4) is 23.0 Å². The van der Waals surface area contributed by atoms with E-state index in [-0.39, 0.29) is 29.8 Å². The Balaban J connectivity index is 1.69. The number of ether oxygens (including phenoxy) is 3. The van der Waals surface area contributed by atoms with Crippen molar-refractivity contribution >= 4 is 5.97 Å². The Morgan fingerprint density at radius 3 is 2.21 bits per heavy atom. The minimum Gasteiger partial charge on any atom is -0.504 e. The Hall–Kier alpha value is -3.01. The Kier molecular flexibility index (Phi) is 8.24. The molecule has 0 aliphatic carbocycles. The lowest BCUT2D eigenvalue weighted by Crippen LogP contribution is -2.53. The van der Waals surface area contributed by atoms with Gasteiger partial charge in [-0.25, -0.2) is 4.79 Å². The van der Waals surface area contributed by atoms with Crippen LogP contribution in [0.15, 0.2) is 36.4 Å². The molecule has 0 saturated carbocycles. The van der Waals surface area contributed by atoms with E-state index in [0.29, 0.717) is 11.5 Å². The summed E-state index contributed by atoms with van der Waals surface area (Å²) in [6, 6.07) is 10.3. The van der Waals surface area contributed by atoms with Crippen LogP contribution < -0.4 is 9.47 Å². The molecule has 0 aromatic heterocycles. The highest BCUT2D eigenvalue weighted by atomic mass is 16.7. The van der Waals surface area contributed by atoms with Gasteiger partial charge in [-0.15, -0.1) is 0 Å². The predicted molar refractivity (Wildman–Crippen MR) is 122 cm³/mol. The number of hydrogen-bond donors (Lipinski definition) is 5. The fraction of sp³-hybridized carbons (Fsp3) is 0.480. The number of rotatable bonds is 9. The lowest BCUT2D eigenvalue weighted by Gasteiger charge is -2.35. The molecule has 1 aliphatic heterocycles. The number of carboxylic acid groups (broad SMARTS) is 1. The van der Waals surface area contributed by atoms with Crippen LogP contribution >= 0.6 is 0 Å². The summed E-state index contributed by atoms with van der Waals surface area (Å²) in [5.41, 5.74) is 1.89. The topological polar surface area (TPSA) is 146 Å². The molecule has 9 nitrogen and oxygen atoms in total. The molecule has 2 unspecified atom stereocenters. The van der Waals surface area contributed by atoms with Crippen LogP contribution in [0.4, 0.5) is 0 Å². The monoisotopic (exact) mass is 476 g/mol. The van der Waals surface area contributed by atoms with E-state index in [1.165, 1.54) is 13.2 Å². The van der Waals surface area contributed by atoms with E-state index in [9.17, 15) is 30.3 Å². The van der Waals surface area contributed by atoms with Crippen molar-refractivity contribution in [1.29, 1.82) is 0 Å². The zero-order chi connectivity index (χ0) is 25.0. The average molecular weight is 477 g/mol. The van der Waals surface area contributed by atoms with Gasteiger partial charge < -0.3 is 39.7 Å². The maximum atomic E-state index is 11.3. The summed E-state index contributed by atoms with van der Waals surface area (Å²) < 4.78 is 16.6. The van der Waals surface area contributed by atoms with Crippen molar-refractivity contribution in [2.75, 3.05) is 7.11 Å². The summed E-state index contributed by atoms with van der Waals surface area (Å²) in [6.07, 6.45) is -4.15. The highest BCUT2D eigenvalue weighted by Gasteiger charge is 2.42. The summed E-state index contributed by atoms with van der Waals surface area (Å²) >= 11 is 0. The number of aromatic hydroxyl groups is 2. The highest BCUT2D eigenvalue weighted by molar-refractivity contribution is 5.73. The molecule has 34 heavy (non-hydrogen) atoms. The van der Waals surface area contributed by atoms with Crippen LogP contribution in [0.5, 0.6) is 23.0 Å². The first-order chi connectivity index (χ1) is 16.1. The van der Waals surface area contributed by atoms with Gasteiger partial charge in [0.05, 0.1) is 13.2 Å². The molecule has 1 fully saturated rings. The van der Waals surface area contributed by atoms with E-state index in [1.54, 1.807) is 24.3 Å². The number of benzene rings is 2. The Morgan fingerprint density at radius 2 is 1.62 bits per heavy atom. The second-order valence-electron chi connectivity index (χ2n) is 8.91. The van der Waals surface area contributed by atoms with E-state index >= 15 is 0 Å². The molecule has 3 rings (SSSR count). The van der Waals surface area contributed by atoms with E-state index in [4.69, 9.17) is 14.2 Å². The van der Waals surface area contributed by atoms with Gasteiger partial charge >= 0.3 is 5.97 Å². The second kappa shape index (κ2) is 10.9. The highest BCUT2D eigenvalue weighted by Crippen LogP contribution is 2.34. The second-order valence-corrected chi connectivity index (χ2v) is 8.91. The number of carboxylic acids is 1. The first-order valence-corrected chi connectivity index (χ1v) is 11.2. The van der Waals surface area contributed by atoms with Crippen LogP contribution in [0, 0.1) is 11.8 Å². The number of phenols is 2. The Bertz CT molecular complexity index is 992. The molecule has 1 heterocycles. The molecular formula is C25H32O9. The third kappa shape index (κ3) is 6.11. The molecule has 1 saturated heterocycles. The number of aliphatic hydroxyl groups excluding tert-OH is 2. The number of methoxy groups -OCH3 is 1. The van der Waals surface area contributed by atoms with Gasteiger partial charge in [0.2, 0.25) is 6.29 Å². The van der Waals surface area contributed by atoms with Crippen molar-refractivity contribution in [2.24, 2.45) is 11.8 Å². The quantitative estimate of drug-likeness (QED) is 0.344. The van der Waals surface area contributed by atoms with Gasteiger partial charge in [-0.3, -0.25) is 0 Å². The summed E-state index contributed by atoms with van der Waals surface area (Å²) in [5.74, 6) is -0.358. The summed E-state index contributed by atoms with van der Waals surface area (Å²) in [7, 11) is 1.49. The summed E-state index contributed by atoms with van der Waals surface area (Å²) in [6.45, 7) is 4.24. The lowest BCUT2D eigenvalue weighted by molar-refractivity contribution is -0.228. The smallest absolute Gasteiger partial charge is 0.335 e. The first kappa shape index (κ1) is 25.6. The summed E-state index contributed by atoms with van der Waals surface area (Å²) in [5, 5.41) is 48.4. The zero-order valence-corrected chi connectivity index (χ0v) is 19.4. The molecule has 186 valence electrons. The first-order valence-electron chi connectivity index (χ1n) is 11.2. The van der Waals surface area contributed by atoms with Gasteiger partial charge in [-0.1, -0.05) is 26.0 Å². The molecular weight excluding hydrogens is 444 g/mol. The SMILES string of the molecule is COc1ccc(CC(C)C(C)Cc2ccc(O)c(O)c2)cc1O[C@H]1C[C@@H](O)[C@H](O)[C@@H](C(=O)O)O1. The predicted octanol–water partition coefficient (Wildman–Crippen LogP) is 2.46. The van der Waals surface area contributed by atoms with Crippen molar-refractivity contribution < 1.29 is 44.5 Å². The molecule has 0 radical (unpaired) electrons. The lowest BCUT2D eigenvalue weighted by atomic mass is 9.85. The number of aliphatic carboxylic acids is 1. The van der Waals surface area contributed by atoms with Crippen molar-refractivity contribution in [2.45, 2.75) is 57.7 Å². The largest absolute Gasteiger partial charge is 0.504 e. The van der Waals surface area contributed by atoms with Gasteiger partial charge in [0.15, 0.2) is 29.1 Å².